The summed E-state index contributed by atoms with van der Waals surface area (Å²) in [7, 11) is 2.11. The van der Waals surface area contributed by atoms with E-state index in [9.17, 15) is 0 Å². The van der Waals surface area contributed by atoms with Gasteiger partial charge in [-0.25, -0.2) is 4.98 Å². The van der Waals surface area contributed by atoms with Crippen molar-refractivity contribution in [3.05, 3.63) is 30.1 Å². The van der Waals surface area contributed by atoms with Crippen LogP contribution in [-0.4, -0.2) is 16.1 Å². The second-order valence-electron chi connectivity index (χ2n) is 4.52. The fourth-order valence-electron chi connectivity index (χ4n) is 2.55. The van der Waals surface area contributed by atoms with Gasteiger partial charge < -0.3 is 9.88 Å². The lowest BCUT2D eigenvalue weighted by molar-refractivity contribution is 0.392. The molecule has 18 heavy (non-hydrogen) atoms. The van der Waals surface area contributed by atoms with Crippen LogP contribution in [0.5, 0.6) is 0 Å². The molecule has 0 saturated carbocycles. The first-order valence-corrected chi connectivity index (χ1v) is 6.01. The molecule has 3 rings (SSSR count). The highest BCUT2D eigenvalue weighted by Gasteiger charge is 2.20. The van der Waals surface area contributed by atoms with Crippen molar-refractivity contribution in [3.63, 3.8) is 0 Å². The van der Waals surface area contributed by atoms with Crippen LogP contribution in [0.2, 0.25) is 0 Å². The minimum Gasteiger partial charge on any atom is -0.330 e. The van der Waals surface area contributed by atoms with Crippen LogP contribution < -0.4 is 5.32 Å². The molecule has 0 aliphatic carbocycles. The predicted molar refractivity (Wildman–Crippen MR) is 79.8 cm³/mol. The van der Waals surface area contributed by atoms with Gasteiger partial charge in [0.25, 0.3) is 0 Å². The summed E-state index contributed by atoms with van der Waals surface area (Å²) in [5, 5.41) is 3.55. The topological polar surface area (TPSA) is 29.9 Å². The van der Waals surface area contributed by atoms with Crippen molar-refractivity contribution in [2.24, 2.45) is 7.05 Å². The third kappa shape index (κ3) is 2.63. The van der Waals surface area contributed by atoms with E-state index in [2.05, 4.69) is 35.1 Å². The van der Waals surface area contributed by atoms with E-state index in [-0.39, 0.29) is 24.8 Å². The van der Waals surface area contributed by atoms with E-state index in [0.717, 1.165) is 12.1 Å². The lowest BCUT2D eigenvalue weighted by atomic mass is 10.0. The highest BCUT2D eigenvalue weighted by molar-refractivity contribution is 5.85. The Kier molecular flexibility index (Phi) is 5.45. The van der Waals surface area contributed by atoms with E-state index in [1.54, 1.807) is 0 Å². The maximum atomic E-state index is 4.74. The Labute approximate surface area is 120 Å². The van der Waals surface area contributed by atoms with Gasteiger partial charge in [-0.05, 0) is 31.5 Å². The third-order valence-corrected chi connectivity index (χ3v) is 3.44. The number of nitrogens with zero attached hydrogens (tertiary/aromatic N) is 2. The summed E-state index contributed by atoms with van der Waals surface area (Å²) in [6, 6.07) is 8.78. The summed E-state index contributed by atoms with van der Waals surface area (Å²) < 4.78 is 2.22. The Hall–Kier alpha value is -0.770. The zero-order valence-corrected chi connectivity index (χ0v) is 12.1. The molecule has 100 valence electrons. The molecular formula is C13H19Cl2N3. The summed E-state index contributed by atoms with van der Waals surface area (Å²) in [5.74, 6) is 1.18. The van der Waals surface area contributed by atoms with Crippen LogP contribution in [0.4, 0.5) is 0 Å². The Morgan fingerprint density at radius 3 is 2.67 bits per heavy atom. The summed E-state index contributed by atoms with van der Waals surface area (Å²) in [6.07, 6.45) is 3.80. The number of hydrogen-bond acceptors (Lipinski definition) is 2. The molecule has 0 spiro atoms. The second-order valence-corrected chi connectivity index (χ2v) is 4.52. The van der Waals surface area contributed by atoms with Gasteiger partial charge in [0, 0.05) is 7.05 Å². The third-order valence-electron chi connectivity index (χ3n) is 3.44. The molecule has 1 N–H and O–H groups in total. The fourth-order valence-corrected chi connectivity index (χ4v) is 2.55. The van der Waals surface area contributed by atoms with Gasteiger partial charge in [-0.2, -0.15) is 0 Å². The first-order chi connectivity index (χ1) is 7.86. The highest BCUT2D eigenvalue weighted by Crippen LogP contribution is 2.25. The second kappa shape index (κ2) is 6.41. The lowest BCUT2D eigenvalue weighted by Crippen LogP contribution is -2.28. The van der Waals surface area contributed by atoms with Crippen LogP contribution in [0.15, 0.2) is 24.3 Å². The van der Waals surface area contributed by atoms with Crippen molar-refractivity contribution >= 4 is 35.8 Å². The number of aromatic nitrogens is 2. The molecule has 1 aromatic heterocycles. The Balaban J connectivity index is 0.000000810. The zero-order chi connectivity index (χ0) is 11.0. The fraction of sp³-hybridized carbons (Fsp3) is 0.462. The monoisotopic (exact) mass is 287 g/mol. The number of para-hydroxylation sites is 2. The van der Waals surface area contributed by atoms with Crippen LogP contribution >= 0.6 is 24.8 Å². The molecule has 1 aliphatic heterocycles. The molecule has 1 fully saturated rings. The molecule has 2 heterocycles. The van der Waals surface area contributed by atoms with E-state index < -0.39 is 0 Å². The number of benzene rings is 1. The van der Waals surface area contributed by atoms with E-state index in [1.807, 2.05) is 6.07 Å². The molecule has 0 bridgehead atoms. The first-order valence-electron chi connectivity index (χ1n) is 6.01. The van der Waals surface area contributed by atoms with E-state index >= 15 is 0 Å². The van der Waals surface area contributed by atoms with Crippen LogP contribution in [0.3, 0.4) is 0 Å². The van der Waals surface area contributed by atoms with Crippen molar-refractivity contribution in [2.75, 3.05) is 6.54 Å². The quantitative estimate of drug-likeness (QED) is 0.873. The van der Waals surface area contributed by atoms with E-state index in [4.69, 9.17) is 4.98 Å². The molecule has 1 saturated heterocycles. The first kappa shape index (κ1) is 15.3. The molecule has 0 radical (unpaired) electrons. The number of nitrogens with one attached hydrogen (secondary N) is 1. The number of imidazole rings is 1. The average Bonchev–Trinajstić information content (AvgIpc) is 2.69. The number of piperidine rings is 1. The van der Waals surface area contributed by atoms with Crippen LogP contribution in [0.25, 0.3) is 11.0 Å². The van der Waals surface area contributed by atoms with Crippen LogP contribution in [0, 0.1) is 0 Å². The summed E-state index contributed by atoms with van der Waals surface area (Å²) in [5.41, 5.74) is 2.33. The largest absolute Gasteiger partial charge is 0.330 e. The number of hydrogen-bond donors (Lipinski definition) is 1. The van der Waals surface area contributed by atoms with Crippen molar-refractivity contribution in [1.29, 1.82) is 0 Å². The smallest absolute Gasteiger partial charge is 0.126 e. The Bertz CT molecular complexity index is 504. The predicted octanol–water partition coefficient (Wildman–Crippen LogP) is 3.23. The van der Waals surface area contributed by atoms with Crippen LogP contribution in [-0.2, 0) is 7.05 Å². The minimum atomic E-state index is 0. The summed E-state index contributed by atoms with van der Waals surface area (Å²) >= 11 is 0. The lowest BCUT2D eigenvalue weighted by Gasteiger charge is -2.22. The Morgan fingerprint density at radius 1 is 1.22 bits per heavy atom. The van der Waals surface area contributed by atoms with Gasteiger partial charge in [-0.1, -0.05) is 18.6 Å². The molecule has 1 aliphatic rings. The number of halogens is 2. The summed E-state index contributed by atoms with van der Waals surface area (Å²) in [4.78, 5) is 4.74. The number of rotatable bonds is 1. The molecule has 3 nitrogen and oxygen atoms in total. The molecule has 5 heteroatoms. The van der Waals surface area contributed by atoms with Crippen LogP contribution in [0.1, 0.15) is 31.1 Å². The van der Waals surface area contributed by atoms with Crippen molar-refractivity contribution < 1.29 is 0 Å². The number of fused-ring (bicyclic) bond motifs is 1. The molecule has 1 unspecified atom stereocenters. The number of aryl methyl sites for hydroxylation is 1. The van der Waals surface area contributed by atoms with Gasteiger partial charge in [-0.15, -0.1) is 24.8 Å². The minimum absolute atomic E-state index is 0. The molecule has 1 atom stereocenters. The van der Waals surface area contributed by atoms with E-state index in [1.165, 1.54) is 30.6 Å². The standard InChI is InChI=1S/C13H17N3.2ClH/c1-16-12-8-3-2-6-10(12)15-13(16)11-7-4-5-9-14-11;;/h2-3,6,8,11,14H,4-5,7,9H2,1H3;2*1H. The van der Waals surface area contributed by atoms with Crippen molar-refractivity contribution in [3.8, 4) is 0 Å². The highest BCUT2D eigenvalue weighted by atomic mass is 35.5. The molecule has 1 aromatic carbocycles. The molecule has 2 aromatic rings. The van der Waals surface area contributed by atoms with Gasteiger partial charge in [0.2, 0.25) is 0 Å². The van der Waals surface area contributed by atoms with Gasteiger partial charge in [0.05, 0.1) is 17.1 Å². The summed E-state index contributed by atoms with van der Waals surface area (Å²) in [6.45, 7) is 1.12. The normalized spacial score (nSPS) is 19.1. The van der Waals surface area contributed by atoms with Gasteiger partial charge >= 0.3 is 0 Å². The van der Waals surface area contributed by atoms with Crippen molar-refractivity contribution in [2.45, 2.75) is 25.3 Å². The van der Waals surface area contributed by atoms with Crippen molar-refractivity contribution in [1.82, 2.24) is 14.9 Å². The van der Waals surface area contributed by atoms with Gasteiger partial charge in [0.1, 0.15) is 5.82 Å². The zero-order valence-electron chi connectivity index (χ0n) is 10.4. The molecular weight excluding hydrogens is 269 g/mol. The SMILES string of the molecule is Cl.Cl.Cn1c(C2CCCCN2)nc2ccccc21. The Morgan fingerprint density at radius 2 is 2.00 bits per heavy atom. The van der Waals surface area contributed by atoms with Gasteiger partial charge in [0.15, 0.2) is 0 Å². The van der Waals surface area contributed by atoms with Gasteiger partial charge in [-0.3, -0.25) is 0 Å². The maximum Gasteiger partial charge on any atom is 0.126 e. The molecule has 0 amide bonds. The maximum absolute atomic E-state index is 4.74. The average molecular weight is 288 g/mol. The van der Waals surface area contributed by atoms with E-state index in [0.29, 0.717) is 6.04 Å².